The van der Waals surface area contributed by atoms with E-state index in [0.29, 0.717) is 25.9 Å². The van der Waals surface area contributed by atoms with Crippen LogP contribution < -0.4 is 4.74 Å². The number of fused-ring (bicyclic) bond motifs is 1. The van der Waals surface area contributed by atoms with Crippen molar-refractivity contribution in [3.05, 3.63) is 27.7 Å². The molecule has 0 aliphatic carbocycles. The monoisotopic (exact) mass is 340 g/mol. The molecular formula is C16H21BrO3. The summed E-state index contributed by atoms with van der Waals surface area (Å²) in [5.74, 6) is 0.987. The Hall–Kier alpha value is -0.580. The summed E-state index contributed by atoms with van der Waals surface area (Å²) in [6, 6.07) is 4.20. The maximum atomic E-state index is 10.9. The van der Waals surface area contributed by atoms with Crippen LogP contribution in [0.2, 0.25) is 0 Å². The van der Waals surface area contributed by atoms with Gasteiger partial charge in [0.1, 0.15) is 5.75 Å². The van der Waals surface area contributed by atoms with Crippen LogP contribution >= 0.6 is 15.9 Å². The largest absolute Gasteiger partial charge is 0.493 e. The zero-order valence-electron chi connectivity index (χ0n) is 11.8. The summed E-state index contributed by atoms with van der Waals surface area (Å²) >= 11 is 3.56. The lowest BCUT2D eigenvalue weighted by atomic mass is 9.83. The van der Waals surface area contributed by atoms with E-state index in [-0.39, 0.29) is 6.10 Å². The molecule has 2 heterocycles. The van der Waals surface area contributed by atoms with Crippen LogP contribution in [0.15, 0.2) is 16.6 Å². The Labute approximate surface area is 128 Å². The summed E-state index contributed by atoms with van der Waals surface area (Å²) in [4.78, 5) is 0. The zero-order valence-corrected chi connectivity index (χ0v) is 13.4. The quantitative estimate of drug-likeness (QED) is 0.917. The molecule has 1 N–H and O–H groups in total. The number of aliphatic hydroxyl groups is 1. The first-order valence-corrected chi connectivity index (χ1v) is 8.17. The highest BCUT2D eigenvalue weighted by Gasteiger charge is 2.36. The summed E-state index contributed by atoms with van der Waals surface area (Å²) in [5.41, 5.74) is 1.70. The molecule has 0 radical (unpaired) electrons. The van der Waals surface area contributed by atoms with Gasteiger partial charge in [-0.05, 0) is 36.1 Å². The molecule has 0 amide bonds. The molecule has 110 valence electrons. The third-order valence-corrected chi connectivity index (χ3v) is 4.79. The van der Waals surface area contributed by atoms with Crippen molar-refractivity contribution in [2.75, 3.05) is 13.2 Å². The van der Waals surface area contributed by atoms with Crippen LogP contribution in [0, 0.1) is 0 Å². The first-order valence-electron chi connectivity index (χ1n) is 7.38. The van der Waals surface area contributed by atoms with Crippen LogP contribution in [-0.2, 0) is 17.6 Å². The van der Waals surface area contributed by atoms with Gasteiger partial charge in [0.2, 0.25) is 0 Å². The predicted octanol–water partition coefficient (Wildman–Crippen LogP) is 3.25. The molecule has 2 aliphatic heterocycles. The van der Waals surface area contributed by atoms with Crippen LogP contribution in [0.5, 0.6) is 5.75 Å². The molecule has 1 saturated heterocycles. The number of halogens is 1. The Kier molecular flexibility index (Phi) is 4.07. The van der Waals surface area contributed by atoms with Gasteiger partial charge in [0.15, 0.2) is 0 Å². The van der Waals surface area contributed by atoms with Crippen molar-refractivity contribution in [3.8, 4) is 5.75 Å². The average molecular weight is 341 g/mol. The first-order chi connectivity index (χ1) is 9.59. The Morgan fingerprint density at radius 1 is 1.40 bits per heavy atom. The maximum Gasteiger partial charge on any atom is 0.125 e. The predicted molar refractivity (Wildman–Crippen MR) is 81.3 cm³/mol. The fourth-order valence-electron chi connectivity index (χ4n) is 3.25. The van der Waals surface area contributed by atoms with Crippen LogP contribution in [0.4, 0.5) is 0 Å². The second kappa shape index (κ2) is 5.66. The highest BCUT2D eigenvalue weighted by molar-refractivity contribution is 9.10. The lowest BCUT2D eigenvalue weighted by Crippen LogP contribution is -2.42. The van der Waals surface area contributed by atoms with Crippen molar-refractivity contribution in [1.82, 2.24) is 0 Å². The van der Waals surface area contributed by atoms with Crippen molar-refractivity contribution in [3.63, 3.8) is 0 Å². The van der Waals surface area contributed by atoms with Gasteiger partial charge in [-0.1, -0.05) is 22.9 Å². The number of hydrogen-bond donors (Lipinski definition) is 1. The van der Waals surface area contributed by atoms with Gasteiger partial charge in [-0.3, -0.25) is 0 Å². The van der Waals surface area contributed by atoms with Crippen LogP contribution in [0.25, 0.3) is 0 Å². The molecular weight excluding hydrogens is 320 g/mol. The second-order valence-electron chi connectivity index (χ2n) is 5.91. The van der Waals surface area contributed by atoms with Crippen molar-refractivity contribution in [2.45, 2.75) is 50.7 Å². The summed E-state index contributed by atoms with van der Waals surface area (Å²) in [5, 5.41) is 10.9. The lowest BCUT2D eigenvalue weighted by Gasteiger charge is -2.37. The van der Waals surface area contributed by atoms with Crippen molar-refractivity contribution in [2.24, 2.45) is 0 Å². The normalized spacial score (nSPS) is 29.1. The van der Waals surface area contributed by atoms with Crippen LogP contribution in [0.1, 0.15) is 37.3 Å². The molecule has 1 fully saturated rings. The molecule has 0 saturated carbocycles. The molecule has 1 aromatic carbocycles. The number of benzene rings is 1. The molecule has 1 aromatic rings. The van der Waals surface area contributed by atoms with E-state index in [1.165, 1.54) is 5.56 Å². The molecule has 2 atom stereocenters. The maximum absolute atomic E-state index is 10.9. The van der Waals surface area contributed by atoms with Gasteiger partial charge in [0.25, 0.3) is 0 Å². The van der Waals surface area contributed by atoms with Gasteiger partial charge in [-0.15, -0.1) is 0 Å². The third-order valence-electron chi connectivity index (χ3n) is 4.33. The summed E-state index contributed by atoms with van der Waals surface area (Å²) in [7, 11) is 0. The van der Waals surface area contributed by atoms with E-state index < -0.39 is 5.60 Å². The molecule has 0 aromatic heterocycles. The van der Waals surface area contributed by atoms with E-state index in [0.717, 1.165) is 35.2 Å². The molecule has 0 spiro atoms. The Bertz CT molecular complexity index is 503. The summed E-state index contributed by atoms with van der Waals surface area (Å²) < 4.78 is 12.5. The topological polar surface area (TPSA) is 38.7 Å². The van der Waals surface area contributed by atoms with Gasteiger partial charge < -0.3 is 14.6 Å². The fourth-order valence-corrected chi connectivity index (χ4v) is 3.81. The standard InChI is InChI=1S/C16H21BrO3/c1-2-14-10-16(18,4-6-19-14)9-12-8-13(17)7-11-3-5-20-15(11)12/h7-8,14,18H,2-6,9-10H2,1H3. The molecule has 4 heteroatoms. The van der Waals surface area contributed by atoms with Gasteiger partial charge in [0.05, 0.1) is 18.3 Å². The number of ether oxygens (including phenoxy) is 2. The van der Waals surface area contributed by atoms with Gasteiger partial charge in [-0.25, -0.2) is 0 Å². The SMILES string of the molecule is CCC1CC(O)(Cc2cc(Br)cc3c2OCC3)CCO1. The minimum atomic E-state index is -0.667. The number of hydrogen-bond acceptors (Lipinski definition) is 3. The minimum Gasteiger partial charge on any atom is -0.493 e. The first kappa shape index (κ1) is 14.4. The van der Waals surface area contributed by atoms with E-state index in [4.69, 9.17) is 9.47 Å². The second-order valence-corrected chi connectivity index (χ2v) is 6.82. The van der Waals surface area contributed by atoms with E-state index in [2.05, 4.69) is 35.0 Å². The lowest BCUT2D eigenvalue weighted by molar-refractivity contribution is -0.103. The third kappa shape index (κ3) is 2.87. The Morgan fingerprint density at radius 3 is 3.05 bits per heavy atom. The van der Waals surface area contributed by atoms with Crippen molar-refractivity contribution in [1.29, 1.82) is 0 Å². The highest BCUT2D eigenvalue weighted by Crippen LogP contribution is 2.38. The van der Waals surface area contributed by atoms with Crippen LogP contribution in [0.3, 0.4) is 0 Å². The van der Waals surface area contributed by atoms with E-state index in [1.54, 1.807) is 0 Å². The average Bonchev–Trinajstić information content (AvgIpc) is 2.86. The van der Waals surface area contributed by atoms with E-state index in [1.807, 2.05) is 0 Å². The molecule has 3 nitrogen and oxygen atoms in total. The Balaban J connectivity index is 1.84. The molecule has 20 heavy (non-hydrogen) atoms. The van der Waals surface area contributed by atoms with Gasteiger partial charge >= 0.3 is 0 Å². The van der Waals surface area contributed by atoms with Gasteiger partial charge in [-0.2, -0.15) is 0 Å². The van der Waals surface area contributed by atoms with Gasteiger partial charge in [0, 0.05) is 30.3 Å². The highest BCUT2D eigenvalue weighted by atomic mass is 79.9. The zero-order chi connectivity index (χ0) is 14.2. The summed E-state index contributed by atoms with van der Waals surface area (Å²) in [6.45, 7) is 3.50. The number of rotatable bonds is 3. The van der Waals surface area contributed by atoms with Crippen molar-refractivity contribution < 1.29 is 14.6 Å². The summed E-state index contributed by atoms with van der Waals surface area (Å²) in [6.07, 6.45) is 4.15. The van der Waals surface area contributed by atoms with E-state index >= 15 is 0 Å². The minimum absolute atomic E-state index is 0.176. The smallest absolute Gasteiger partial charge is 0.125 e. The molecule has 2 unspecified atom stereocenters. The van der Waals surface area contributed by atoms with E-state index in [9.17, 15) is 5.11 Å². The fraction of sp³-hybridized carbons (Fsp3) is 0.625. The molecule has 3 rings (SSSR count). The van der Waals surface area contributed by atoms with Crippen LogP contribution in [-0.4, -0.2) is 30.0 Å². The Morgan fingerprint density at radius 2 is 2.25 bits per heavy atom. The molecule has 2 aliphatic rings. The molecule has 0 bridgehead atoms. The van der Waals surface area contributed by atoms with Crippen molar-refractivity contribution >= 4 is 15.9 Å².